The molecule has 2 aromatic rings. The maximum atomic E-state index is 4.42. The highest BCUT2D eigenvalue weighted by atomic mass is 32.2. The zero-order valence-corrected chi connectivity index (χ0v) is 12.0. The smallest absolute Gasteiger partial charge is 0.190 e. The largest absolute Gasteiger partial charge is 0.373 e. The van der Waals surface area contributed by atoms with E-state index in [4.69, 9.17) is 0 Å². The van der Waals surface area contributed by atoms with Gasteiger partial charge in [0.05, 0.1) is 0 Å². The number of aromatic nitrogens is 4. The highest BCUT2D eigenvalue weighted by Crippen LogP contribution is 2.30. The molecule has 2 rings (SSSR count). The third-order valence-corrected chi connectivity index (χ3v) is 4.18. The molecule has 0 aromatic carbocycles. The summed E-state index contributed by atoms with van der Waals surface area (Å²) in [6.45, 7) is 1.94. The summed E-state index contributed by atoms with van der Waals surface area (Å²) in [6, 6.07) is 1.90. The second-order valence-electron chi connectivity index (χ2n) is 3.02. The van der Waals surface area contributed by atoms with Crippen molar-refractivity contribution in [2.75, 3.05) is 18.6 Å². The third-order valence-electron chi connectivity index (χ3n) is 1.82. The lowest BCUT2D eigenvalue weighted by atomic mass is 10.6. The fourth-order valence-electron chi connectivity index (χ4n) is 1.08. The molecule has 0 saturated heterocycles. The van der Waals surface area contributed by atoms with Gasteiger partial charge < -0.3 is 5.32 Å². The van der Waals surface area contributed by atoms with Crippen LogP contribution in [-0.2, 0) is 0 Å². The molecule has 0 aliphatic rings. The second-order valence-corrected chi connectivity index (χ2v) is 6.24. The number of rotatable bonds is 4. The molecule has 0 bridgehead atoms. The van der Waals surface area contributed by atoms with Gasteiger partial charge in [-0.3, -0.25) is 0 Å². The average Bonchev–Trinajstić information content (AvgIpc) is 2.74. The summed E-state index contributed by atoms with van der Waals surface area (Å²) in [7, 11) is 1.84. The molecule has 0 aliphatic heterocycles. The number of nitrogens with one attached hydrogen (secondary N) is 1. The van der Waals surface area contributed by atoms with Gasteiger partial charge in [0.2, 0.25) is 0 Å². The van der Waals surface area contributed by atoms with Gasteiger partial charge in [-0.1, -0.05) is 23.1 Å². The summed E-state index contributed by atoms with van der Waals surface area (Å²) in [5.41, 5.74) is 0. The van der Waals surface area contributed by atoms with Crippen LogP contribution < -0.4 is 5.32 Å². The predicted molar refractivity (Wildman–Crippen MR) is 72.1 cm³/mol. The molecule has 0 saturated carbocycles. The number of thioether (sulfide) groups is 1. The Morgan fingerprint density at radius 3 is 2.71 bits per heavy atom. The normalized spacial score (nSPS) is 10.5. The predicted octanol–water partition coefficient (Wildman–Crippen LogP) is 2.55. The van der Waals surface area contributed by atoms with E-state index < -0.39 is 0 Å². The van der Waals surface area contributed by atoms with Crippen LogP contribution in [-0.4, -0.2) is 33.5 Å². The number of hydrogen-bond donors (Lipinski definition) is 1. The van der Waals surface area contributed by atoms with E-state index in [1.54, 1.807) is 11.3 Å². The molecule has 0 spiro atoms. The number of aryl methyl sites for hydroxylation is 1. The van der Waals surface area contributed by atoms with Crippen molar-refractivity contribution in [3.8, 4) is 0 Å². The van der Waals surface area contributed by atoms with E-state index in [1.165, 1.54) is 23.5 Å². The van der Waals surface area contributed by atoms with Crippen LogP contribution in [0.5, 0.6) is 0 Å². The molecule has 2 heterocycles. The third kappa shape index (κ3) is 3.30. The van der Waals surface area contributed by atoms with E-state index in [0.717, 1.165) is 25.3 Å². The Kier molecular flexibility index (Phi) is 4.19. The van der Waals surface area contributed by atoms with E-state index in [2.05, 4.69) is 25.5 Å². The maximum absolute atomic E-state index is 4.42. The van der Waals surface area contributed by atoms with Gasteiger partial charge in [-0.2, -0.15) is 0 Å². The molecule has 2 aromatic heterocycles. The van der Waals surface area contributed by atoms with Crippen molar-refractivity contribution in [1.82, 2.24) is 20.2 Å². The highest BCUT2D eigenvalue weighted by molar-refractivity contribution is 8.01. The lowest BCUT2D eigenvalue weighted by Crippen LogP contribution is -1.96. The van der Waals surface area contributed by atoms with Crippen molar-refractivity contribution < 1.29 is 0 Å². The molecule has 17 heavy (non-hydrogen) atoms. The van der Waals surface area contributed by atoms with Gasteiger partial charge >= 0.3 is 0 Å². The molecule has 0 aliphatic carbocycles. The Bertz CT molecular complexity index is 491. The van der Waals surface area contributed by atoms with Crippen molar-refractivity contribution in [2.45, 2.75) is 21.4 Å². The Morgan fingerprint density at radius 2 is 2.12 bits per heavy atom. The van der Waals surface area contributed by atoms with Gasteiger partial charge in [0.25, 0.3) is 0 Å². The quantitative estimate of drug-likeness (QED) is 0.526. The summed E-state index contributed by atoms with van der Waals surface area (Å²) in [5, 5.41) is 13.7. The summed E-state index contributed by atoms with van der Waals surface area (Å²) in [6.07, 6.45) is 1.96. The standard InChI is InChI=1S/C9H11N5S3/c1-5-13-14-9(16-5)17-7-4-6(10-2)11-8(12-7)15-3/h4H,1-3H3,(H,10,11,12). The first kappa shape index (κ1) is 12.6. The second kappa shape index (κ2) is 5.65. The van der Waals surface area contributed by atoms with Crippen LogP contribution in [0.15, 0.2) is 20.6 Å². The van der Waals surface area contributed by atoms with Crippen molar-refractivity contribution in [3.05, 3.63) is 11.1 Å². The lowest BCUT2D eigenvalue weighted by molar-refractivity contribution is 0.894. The van der Waals surface area contributed by atoms with Gasteiger partial charge in [-0.25, -0.2) is 9.97 Å². The van der Waals surface area contributed by atoms with Gasteiger partial charge in [-0.15, -0.1) is 10.2 Å². The van der Waals surface area contributed by atoms with Crippen LogP contribution in [0.2, 0.25) is 0 Å². The maximum Gasteiger partial charge on any atom is 0.190 e. The number of hydrogen-bond acceptors (Lipinski definition) is 8. The summed E-state index contributed by atoms with van der Waals surface area (Å²) >= 11 is 4.59. The topological polar surface area (TPSA) is 63.6 Å². The minimum absolute atomic E-state index is 0.751. The molecule has 0 atom stereocenters. The van der Waals surface area contributed by atoms with Crippen LogP contribution in [0.3, 0.4) is 0 Å². The average molecular weight is 285 g/mol. The first-order valence-corrected chi connectivity index (χ1v) is 7.66. The van der Waals surface area contributed by atoms with Crippen LogP contribution in [0.25, 0.3) is 0 Å². The van der Waals surface area contributed by atoms with Crippen molar-refractivity contribution in [1.29, 1.82) is 0 Å². The van der Waals surface area contributed by atoms with Gasteiger partial charge in [-0.05, 0) is 24.9 Å². The molecule has 0 fully saturated rings. The number of nitrogens with zero attached hydrogens (tertiary/aromatic N) is 4. The van der Waals surface area contributed by atoms with Gasteiger partial charge in [0.15, 0.2) is 9.50 Å². The number of anilines is 1. The molecule has 0 unspecified atom stereocenters. The van der Waals surface area contributed by atoms with Crippen LogP contribution >= 0.6 is 34.9 Å². The Hall–Kier alpha value is -0.860. The monoisotopic (exact) mass is 285 g/mol. The minimum Gasteiger partial charge on any atom is -0.373 e. The molecule has 1 N–H and O–H groups in total. The SMILES string of the molecule is CNc1cc(Sc2nnc(C)s2)nc(SC)n1. The van der Waals surface area contributed by atoms with Crippen LogP contribution in [0.4, 0.5) is 5.82 Å². The van der Waals surface area contributed by atoms with E-state index in [1.807, 2.05) is 26.3 Å². The van der Waals surface area contributed by atoms with Gasteiger partial charge in [0.1, 0.15) is 15.9 Å². The summed E-state index contributed by atoms with van der Waals surface area (Å²) in [5.74, 6) is 0.813. The highest BCUT2D eigenvalue weighted by Gasteiger charge is 2.08. The van der Waals surface area contributed by atoms with Crippen LogP contribution in [0, 0.1) is 6.92 Å². The molecule has 0 radical (unpaired) electrons. The van der Waals surface area contributed by atoms with Crippen molar-refractivity contribution in [3.63, 3.8) is 0 Å². The van der Waals surface area contributed by atoms with E-state index >= 15 is 0 Å². The zero-order valence-electron chi connectivity index (χ0n) is 9.59. The van der Waals surface area contributed by atoms with E-state index in [-0.39, 0.29) is 0 Å². The van der Waals surface area contributed by atoms with E-state index in [0.29, 0.717) is 0 Å². The first-order valence-electron chi connectivity index (χ1n) is 4.80. The molecule has 5 nitrogen and oxygen atoms in total. The molecule has 0 amide bonds. The molecular formula is C9H11N5S3. The summed E-state index contributed by atoms with van der Waals surface area (Å²) in [4.78, 5) is 8.73. The van der Waals surface area contributed by atoms with Crippen molar-refractivity contribution in [2.24, 2.45) is 0 Å². The van der Waals surface area contributed by atoms with Gasteiger partial charge in [0, 0.05) is 13.1 Å². The fourth-order valence-corrected chi connectivity index (χ4v) is 3.29. The lowest BCUT2D eigenvalue weighted by Gasteiger charge is -2.04. The van der Waals surface area contributed by atoms with Crippen LogP contribution in [0.1, 0.15) is 5.01 Å². The Balaban J connectivity index is 2.25. The Morgan fingerprint density at radius 1 is 1.29 bits per heavy atom. The fraction of sp³-hybridized carbons (Fsp3) is 0.333. The summed E-state index contributed by atoms with van der Waals surface area (Å²) < 4.78 is 0.898. The molecule has 8 heteroatoms. The zero-order chi connectivity index (χ0) is 12.3. The Labute approximate surface area is 112 Å². The van der Waals surface area contributed by atoms with Crippen molar-refractivity contribution >= 4 is 40.7 Å². The minimum atomic E-state index is 0.751. The molecular weight excluding hydrogens is 274 g/mol. The van der Waals surface area contributed by atoms with E-state index in [9.17, 15) is 0 Å². The first-order chi connectivity index (χ1) is 8.21. The molecule has 90 valence electrons.